The lowest BCUT2D eigenvalue weighted by Gasteiger charge is -2.30. The molecule has 2 N–H and O–H groups in total. The molecule has 19 heavy (non-hydrogen) atoms. The molecule has 9 nitrogen and oxygen atoms in total. The summed E-state index contributed by atoms with van der Waals surface area (Å²) in [5.41, 5.74) is 0. The smallest absolute Gasteiger partial charge is 0.241 e. The van der Waals surface area contributed by atoms with Gasteiger partial charge in [0, 0.05) is 0 Å². The van der Waals surface area contributed by atoms with E-state index in [0.717, 1.165) is 0 Å². The third kappa shape index (κ3) is 7.28. The van der Waals surface area contributed by atoms with Gasteiger partial charge in [0.25, 0.3) is 0 Å². The third-order valence-electron chi connectivity index (χ3n) is 1.94. The molecule has 9 heteroatoms. The molecule has 2 unspecified atom stereocenters. The number of Topliss-reactive ketones (excluding diaryl/α,β-unsaturated/α-hetero) is 2. The molecule has 0 aromatic heterocycles. The summed E-state index contributed by atoms with van der Waals surface area (Å²) in [6.07, 6.45) is -0.644. The molecule has 0 saturated carbocycles. The van der Waals surface area contributed by atoms with Crippen molar-refractivity contribution in [1.82, 2.24) is 0 Å². The average molecular weight is 282 g/mol. The number of hydrogen-bond donors (Lipinski definition) is 2. The van der Waals surface area contributed by atoms with E-state index in [9.17, 15) is 9.59 Å². The monoisotopic (exact) mass is 282 g/mol. The van der Waals surface area contributed by atoms with E-state index >= 15 is 0 Å². The second-order valence-electron chi connectivity index (χ2n) is 4.44. The van der Waals surface area contributed by atoms with Gasteiger partial charge in [0.15, 0.2) is 0 Å². The molecule has 0 amide bonds. The van der Waals surface area contributed by atoms with Crippen molar-refractivity contribution in [3.63, 3.8) is 0 Å². The standard InChI is InChI=1S/C10H18O9/c1-7(11)5-9(3,15-13)16-17-10(4,18-19-14)6-8(2)12/h13-14H,5-6H2,1-4H3. The largest absolute Gasteiger partial charge is 0.300 e. The molecule has 0 saturated heterocycles. The van der Waals surface area contributed by atoms with E-state index in [0.29, 0.717) is 0 Å². The van der Waals surface area contributed by atoms with Crippen LogP contribution in [0.15, 0.2) is 0 Å². The maximum Gasteiger partial charge on any atom is 0.241 e. The van der Waals surface area contributed by atoms with Crippen LogP contribution in [0, 0.1) is 0 Å². The van der Waals surface area contributed by atoms with Crippen molar-refractivity contribution in [3.8, 4) is 0 Å². The van der Waals surface area contributed by atoms with Gasteiger partial charge in [-0.1, -0.05) is 5.04 Å². The Morgan fingerprint density at radius 3 is 1.68 bits per heavy atom. The highest BCUT2D eigenvalue weighted by Gasteiger charge is 2.38. The van der Waals surface area contributed by atoms with Crippen LogP contribution in [-0.2, 0) is 34.2 Å². The molecule has 0 aromatic carbocycles. The zero-order chi connectivity index (χ0) is 15.1. The van der Waals surface area contributed by atoms with Crippen molar-refractivity contribution >= 4 is 11.6 Å². The van der Waals surface area contributed by atoms with Crippen molar-refractivity contribution in [2.24, 2.45) is 0 Å². The van der Waals surface area contributed by atoms with Crippen LogP contribution in [0.1, 0.15) is 40.5 Å². The maximum atomic E-state index is 11.0. The first-order valence-electron chi connectivity index (χ1n) is 5.34. The minimum absolute atomic E-state index is 0.320. The van der Waals surface area contributed by atoms with Crippen molar-refractivity contribution in [2.75, 3.05) is 0 Å². The Balaban J connectivity index is 4.67. The third-order valence-corrected chi connectivity index (χ3v) is 1.94. The van der Waals surface area contributed by atoms with Crippen LogP contribution in [0.2, 0.25) is 0 Å². The van der Waals surface area contributed by atoms with Crippen LogP contribution in [0.5, 0.6) is 0 Å². The van der Waals surface area contributed by atoms with Gasteiger partial charge in [0.05, 0.1) is 12.8 Å². The summed E-state index contributed by atoms with van der Waals surface area (Å²) in [7, 11) is 0. The molecule has 0 rings (SSSR count). The Morgan fingerprint density at radius 1 is 0.895 bits per heavy atom. The van der Waals surface area contributed by atoms with Crippen molar-refractivity contribution in [2.45, 2.75) is 52.1 Å². The highest BCUT2D eigenvalue weighted by molar-refractivity contribution is 5.76. The number of carbonyl (C=O) groups excluding carboxylic acids is 2. The van der Waals surface area contributed by atoms with Gasteiger partial charge in [-0.25, -0.2) is 15.4 Å². The number of rotatable bonds is 10. The summed E-state index contributed by atoms with van der Waals surface area (Å²) in [6.45, 7) is 4.96. The van der Waals surface area contributed by atoms with Gasteiger partial charge in [0.2, 0.25) is 11.6 Å². The Morgan fingerprint density at radius 2 is 1.32 bits per heavy atom. The van der Waals surface area contributed by atoms with Gasteiger partial charge < -0.3 is 0 Å². The molecule has 0 aliphatic rings. The Kier molecular flexibility index (Phi) is 7.23. The van der Waals surface area contributed by atoms with Gasteiger partial charge in [-0.3, -0.25) is 9.59 Å². The fourth-order valence-electron chi connectivity index (χ4n) is 1.31. The highest BCUT2D eigenvalue weighted by Crippen LogP contribution is 2.24. The fraction of sp³-hybridized carbons (Fsp3) is 0.800. The van der Waals surface area contributed by atoms with E-state index in [2.05, 4.69) is 14.8 Å². The molecule has 0 spiro atoms. The van der Waals surface area contributed by atoms with Crippen LogP contribution < -0.4 is 0 Å². The molecule has 0 aromatic rings. The minimum Gasteiger partial charge on any atom is -0.300 e. The van der Waals surface area contributed by atoms with E-state index in [1.807, 2.05) is 0 Å². The van der Waals surface area contributed by atoms with E-state index in [-0.39, 0.29) is 24.4 Å². The molecule has 0 aliphatic heterocycles. The first-order chi connectivity index (χ1) is 8.66. The second-order valence-corrected chi connectivity index (χ2v) is 4.44. The Labute approximate surface area is 109 Å². The molecule has 0 heterocycles. The first-order valence-corrected chi connectivity index (χ1v) is 5.34. The normalized spacial score (nSPS) is 17.6. The summed E-state index contributed by atoms with van der Waals surface area (Å²) in [5.74, 6) is -4.26. The van der Waals surface area contributed by atoms with Crippen LogP contribution in [-0.4, -0.2) is 33.7 Å². The summed E-state index contributed by atoms with van der Waals surface area (Å²) in [6, 6.07) is 0. The van der Waals surface area contributed by atoms with Gasteiger partial charge in [-0.05, 0) is 27.7 Å². The van der Waals surface area contributed by atoms with Gasteiger partial charge in [-0.2, -0.15) is 14.7 Å². The zero-order valence-electron chi connectivity index (χ0n) is 11.2. The summed E-state index contributed by atoms with van der Waals surface area (Å²) in [5, 5.41) is 20.4. The second kappa shape index (κ2) is 7.60. The minimum atomic E-state index is -1.79. The van der Waals surface area contributed by atoms with Gasteiger partial charge in [0.1, 0.15) is 11.6 Å². The van der Waals surface area contributed by atoms with Crippen molar-refractivity contribution in [1.29, 1.82) is 0 Å². The van der Waals surface area contributed by atoms with Crippen molar-refractivity contribution in [3.05, 3.63) is 0 Å². The first kappa shape index (κ1) is 18.1. The van der Waals surface area contributed by atoms with Gasteiger partial charge >= 0.3 is 0 Å². The number of ketones is 2. The van der Waals surface area contributed by atoms with Crippen LogP contribution >= 0.6 is 0 Å². The van der Waals surface area contributed by atoms with Gasteiger partial charge in [-0.15, -0.1) is 0 Å². The Hall–Kier alpha value is -0.940. The lowest BCUT2D eigenvalue weighted by Crippen LogP contribution is -2.41. The van der Waals surface area contributed by atoms with E-state index < -0.39 is 11.6 Å². The molecular formula is C10H18O9. The number of carbonyl (C=O) groups is 2. The molecule has 0 fully saturated rings. The van der Waals surface area contributed by atoms with Crippen LogP contribution in [0.25, 0.3) is 0 Å². The van der Waals surface area contributed by atoms with E-state index in [1.165, 1.54) is 27.7 Å². The van der Waals surface area contributed by atoms with E-state index in [4.69, 9.17) is 20.3 Å². The summed E-state index contributed by atoms with van der Waals surface area (Å²) >= 11 is 0. The fourth-order valence-corrected chi connectivity index (χ4v) is 1.31. The lowest BCUT2D eigenvalue weighted by atomic mass is 10.1. The van der Waals surface area contributed by atoms with E-state index in [1.54, 1.807) is 0 Å². The molecule has 112 valence electrons. The lowest BCUT2D eigenvalue weighted by molar-refractivity contribution is -0.613. The average Bonchev–Trinajstić information content (AvgIpc) is 2.25. The molecular weight excluding hydrogens is 264 g/mol. The number of hydrogen-bond acceptors (Lipinski definition) is 9. The molecule has 0 radical (unpaired) electrons. The predicted molar refractivity (Wildman–Crippen MR) is 58.1 cm³/mol. The summed E-state index contributed by atoms with van der Waals surface area (Å²) in [4.78, 5) is 39.9. The molecule has 0 aliphatic carbocycles. The molecule has 0 bridgehead atoms. The molecule has 2 atom stereocenters. The topological polar surface area (TPSA) is 121 Å². The SMILES string of the molecule is CC(=O)CC(C)(OO)OOC(C)(CC(C)=O)OOO. The summed E-state index contributed by atoms with van der Waals surface area (Å²) < 4.78 is 0. The van der Waals surface area contributed by atoms with Crippen molar-refractivity contribution < 1.29 is 44.7 Å². The zero-order valence-corrected chi connectivity index (χ0v) is 11.2. The van der Waals surface area contributed by atoms with Crippen LogP contribution in [0.4, 0.5) is 0 Å². The highest BCUT2D eigenvalue weighted by atomic mass is 17.5. The Bertz CT molecular complexity index is 318. The quantitative estimate of drug-likeness (QED) is 0.346. The maximum absolute atomic E-state index is 11.0. The van der Waals surface area contributed by atoms with Crippen LogP contribution in [0.3, 0.4) is 0 Å². The predicted octanol–water partition coefficient (Wildman–Crippen LogP) is 1.24.